The number of hydrogen-bond donors (Lipinski definition) is 1. The molecular weight excluding hydrogens is 315 g/mol. The quantitative estimate of drug-likeness (QED) is 0.800. The topological polar surface area (TPSA) is 69.7 Å². The van der Waals surface area contributed by atoms with Gasteiger partial charge in [0.05, 0.1) is 0 Å². The molecule has 2 aliphatic rings. The molecule has 23 heavy (non-hydrogen) atoms. The smallest absolute Gasteiger partial charge is 0.351 e. The van der Waals surface area contributed by atoms with Crippen molar-refractivity contribution in [2.45, 2.75) is 38.4 Å². The Balaban J connectivity index is 1.78. The van der Waals surface area contributed by atoms with Crippen LogP contribution in [0.25, 0.3) is 0 Å². The zero-order valence-corrected chi connectivity index (χ0v) is 12.9. The van der Waals surface area contributed by atoms with Gasteiger partial charge in [-0.25, -0.2) is 0 Å². The normalized spacial score (nSPS) is 23.0. The molecule has 0 aromatic heterocycles. The molecular formula is C14H20F3N3O3. The molecule has 2 saturated heterocycles. The van der Waals surface area contributed by atoms with E-state index in [1.54, 1.807) is 4.90 Å². The second-order valence-electron chi connectivity index (χ2n) is 6.02. The SMILES string of the molecule is CC(=O)N1CCC(NC(=O)C2CCN(C(=O)C(F)(F)F)CC2)C1. The van der Waals surface area contributed by atoms with Crippen molar-refractivity contribution in [2.75, 3.05) is 26.2 Å². The Morgan fingerprint density at radius 2 is 1.57 bits per heavy atom. The molecule has 1 N–H and O–H groups in total. The zero-order chi connectivity index (χ0) is 17.2. The number of carbonyl (C=O) groups is 3. The minimum Gasteiger partial charge on any atom is -0.351 e. The van der Waals surface area contributed by atoms with E-state index in [2.05, 4.69) is 5.32 Å². The molecule has 0 radical (unpaired) electrons. The van der Waals surface area contributed by atoms with Gasteiger partial charge in [-0.05, 0) is 19.3 Å². The van der Waals surface area contributed by atoms with Gasteiger partial charge in [-0.3, -0.25) is 14.4 Å². The Labute approximate surface area is 132 Å². The molecule has 2 heterocycles. The van der Waals surface area contributed by atoms with E-state index in [0.29, 0.717) is 19.5 Å². The number of alkyl halides is 3. The van der Waals surface area contributed by atoms with Gasteiger partial charge in [-0.1, -0.05) is 0 Å². The summed E-state index contributed by atoms with van der Waals surface area (Å²) in [6.07, 6.45) is -3.75. The second kappa shape index (κ2) is 6.76. The summed E-state index contributed by atoms with van der Waals surface area (Å²) in [6.45, 7) is 2.39. The van der Waals surface area contributed by atoms with Crippen molar-refractivity contribution in [1.82, 2.24) is 15.1 Å². The van der Waals surface area contributed by atoms with Gasteiger partial charge in [0.1, 0.15) is 0 Å². The van der Waals surface area contributed by atoms with Crippen molar-refractivity contribution >= 4 is 17.7 Å². The maximum Gasteiger partial charge on any atom is 0.471 e. The Hall–Kier alpha value is -1.80. The molecule has 0 aliphatic carbocycles. The van der Waals surface area contributed by atoms with Crippen LogP contribution in [0, 0.1) is 5.92 Å². The molecule has 0 bridgehead atoms. The monoisotopic (exact) mass is 335 g/mol. The number of nitrogens with one attached hydrogen (secondary N) is 1. The summed E-state index contributed by atoms with van der Waals surface area (Å²) in [4.78, 5) is 36.9. The number of amides is 3. The van der Waals surface area contributed by atoms with Crippen molar-refractivity contribution < 1.29 is 27.6 Å². The highest BCUT2D eigenvalue weighted by Gasteiger charge is 2.43. The average Bonchev–Trinajstić information content (AvgIpc) is 2.94. The summed E-state index contributed by atoms with van der Waals surface area (Å²) in [5.74, 6) is -2.48. The largest absolute Gasteiger partial charge is 0.471 e. The lowest BCUT2D eigenvalue weighted by atomic mass is 9.95. The first-order valence-electron chi connectivity index (χ1n) is 7.60. The summed E-state index contributed by atoms with van der Waals surface area (Å²) < 4.78 is 37.1. The van der Waals surface area contributed by atoms with Crippen LogP contribution in [0.2, 0.25) is 0 Å². The molecule has 3 amide bonds. The summed E-state index contributed by atoms with van der Waals surface area (Å²) in [5, 5.41) is 2.85. The standard InChI is InChI=1S/C14H20F3N3O3/c1-9(21)20-7-4-11(8-20)18-12(22)10-2-5-19(6-3-10)13(23)14(15,16)17/h10-11H,2-8H2,1H3,(H,18,22). The van der Waals surface area contributed by atoms with E-state index < -0.39 is 18.0 Å². The lowest BCUT2D eigenvalue weighted by Crippen LogP contribution is -2.49. The molecule has 2 aliphatic heterocycles. The highest BCUT2D eigenvalue weighted by atomic mass is 19.4. The number of piperidine rings is 1. The van der Waals surface area contributed by atoms with E-state index in [4.69, 9.17) is 0 Å². The Morgan fingerprint density at radius 3 is 2.04 bits per heavy atom. The van der Waals surface area contributed by atoms with Gasteiger partial charge >= 0.3 is 12.1 Å². The Morgan fingerprint density at radius 1 is 1.00 bits per heavy atom. The van der Waals surface area contributed by atoms with Crippen molar-refractivity contribution in [1.29, 1.82) is 0 Å². The fraction of sp³-hybridized carbons (Fsp3) is 0.786. The summed E-state index contributed by atoms with van der Waals surface area (Å²) >= 11 is 0. The predicted octanol–water partition coefficient (Wildman–Crippen LogP) is 0.524. The van der Waals surface area contributed by atoms with Crippen LogP contribution in [0.5, 0.6) is 0 Å². The van der Waals surface area contributed by atoms with Gasteiger partial charge in [-0.2, -0.15) is 13.2 Å². The first kappa shape index (κ1) is 17.6. The number of rotatable bonds is 2. The fourth-order valence-electron chi connectivity index (χ4n) is 3.01. The first-order valence-corrected chi connectivity index (χ1v) is 7.60. The molecule has 9 heteroatoms. The van der Waals surface area contributed by atoms with Crippen LogP contribution in [0.3, 0.4) is 0 Å². The van der Waals surface area contributed by atoms with Crippen molar-refractivity contribution in [3.05, 3.63) is 0 Å². The van der Waals surface area contributed by atoms with Crippen molar-refractivity contribution in [3.63, 3.8) is 0 Å². The van der Waals surface area contributed by atoms with Crippen LogP contribution >= 0.6 is 0 Å². The van der Waals surface area contributed by atoms with Gasteiger partial charge < -0.3 is 15.1 Å². The highest BCUT2D eigenvalue weighted by molar-refractivity contribution is 5.83. The van der Waals surface area contributed by atoms with Crippen LogP contribution in [0.1, 0.15) is 26.2 Å². The van der Waals surface area contributed by atoms with E-state index in [0.717, 1.165) is 4.90 Å². The number of halogens is 3. The average molecular weight is 335 g/mol. The Bertz CT molecular complexity index is 487. The maximum atomic E-state index is 12.4. The van der Waals surface area contributed by atoms with E-state index in [1.165, 1.54) is 6.92 Å². The highest BCUT2D eigenvalue weighted by Crippen LogP contribution is 2.24. The first-order chi connectivity index (χ1) is 10.7. The Kier molecular flexibility index (Phi) is 5.16. The maximum absolute atomic E-state index is 12.4. The molecule has 1 atom stereocenters. The molecule has 0 spiro atoms. The van der Waals surface area contributed by atoms with E-state index in [9.17, 15) is 27.6 Å². The van der Waals surface area contributed by atoms with Gasteiger partial charge in [0, 0.05) is 45.1 Å². The minimum atomic E-state index is -4.87. The molecule has 2 fully saturated rings. The van der Waals surface area contributed by atoms with Crippen LogP contribution in [0.15, 0.2) is 0 Å². The third-order valence-corrected chi connectivity index (χ3v) is 4.38. The van der Waals surface area contributed by atoms with Gasteiger partial charge in [0.25, 0.3) is 0 Å². The lowest BCUT2D eigenvalue weighted by Gasteiger charge is -2.32. The van der Waals surface area contributed by atoms with Crippen LogP contribution < -0.4 is 5.32 Å². The third kappa shape index (κ3) is 4.35. The molecule has 2 rings (SSSR count). The second-order valence-corrected chi connectivity index (χ2v) is 6.02. The predicted molar refractivity (Wildman–Crippen MR) is 74.2 cm³/mol. The zero-order valence-electron chi connectivity index (χ0n) is 12.9. The van der Waals surface area contributed by atoms with Crippen LogP contribution in [-0.4, -0.2) is 65.9 Å². The molecule has 0 aromatic rings. The van der Waals surface area contributed by atoms with E-state index in [-0.39, 0.29) is 43.8 Å². The van der Waals surface area contributed by atoms with Gasteiger partial charge in [0.15, 0.2) is 0 Å². The van der Waals surface area contributed by atoms with Crippen LogP contribution in [-0.2, 0) is 14.4 Å². The van der Waals surface area contributed by atoms with Gasteiger partial charge in [-0.15, -0.1) is 0 Å². The van der Waals surface area contributed by atoms with E-state index >= 15 is 0 Å². The molecule has 130 valence electrons. The third-order valence-electron chi connectivity index (χ3n) is 4.38. The number of likely N-dealkylation sites (tertiary alicyclic amines) is 2. The lowest BCUT2D eigenvalue weighted by molar-refractivity contribution is -0.186. The fourth-order valence-corrected chi connectivity index (χ4v) is 3.01. The molecule has 0 aromatic carbocycles. The van der Waals surface area contributed by atoms with Crippen LogP contribution in [0.4, 0.5) is 13.2 Å². The summed E-state index contributed by atoms with van der Waals surface area (Å²) in [5.41, 5.74) is 0. The molecule has 1 unspecified atom stereocenters. The summed E-state index contributed by atoms with van der Waals surface area (Å²) in [7, 11) is 0. The minimum absolute atomic E-state index is 0.0410. The number of carbonyl (C=O) groups excluding carboxylic acids is 3. The van der Waals surface area contributed by atoms with E-state index in [1.807, 2.05) is 0 Å². The number of nitrogens with zero attached hydrogens (tertiary/aromatic N) is 2. The van der Waals surface area contributed by atoms with Crippen molar-refractivity contribution in [3.8, 4) is 0 Å². The molecule has 6 nitrogen and oxygen atoms in total. The summed E-state index contributed by atoms with van der Waals surface area (Å²) in [6, 6.07) is -0.110. The molecule has 0 saturated carbocycles. The van der Waals surface area contributed by atoms with Gasteiger partial charge in [0.2, 0.25) is 11.8 Å². The van der Waals surface area contributed by atoms with Crippen molar-refractivity contribution in [2.24, 2.45) is 5.92 Å². The number of hydrogen-bond acceptors (Lipinski definition) is 3.